The Morgan fingerprint density at radius 3 is 2.06 bits per heavy atom. The second-order valence-electron chi connectivity index (χ2n) is 8.58. The molecule has 2 aromatic carbocycles. The Kier molecular flexibility index (Phi) is 6.10. The first-order valence-corrected chi connectivity index (χ1v) is 10.8. The summed E-state index contributed by atoms with van der Waals surface area (Å²) in [5.74, 6) is 0.109. The van der Waals surface area contributed by atoms with Crippen LogP contribution in [0.1, 0.15) is 31.0 Å². The second kappa shape index (κ2) is 8.96. The van der Waals surface area contributed by atoms with E-state index in [1.807, 2.05) is 43.4 Å². The maximum atomic E-state index is 11.3. The van der Waals surface area contributed by atoms with Gasteiger partial charge in [-0.15, -0.1) is 0 Å². The van der Waals surface area contributed by atoms with Gasteiger partial charge in [0.15, 0.2) is 0 Å². The third-order valence-electron chi connectivity index (χ3n) is 5.82. The summed E-state index contributed by atoms with van der Waals surface area (Å²) in [6, 6.07) is 16.0. The minimum atomic E-state index is -0.0765. The van der Waals surface area contributed by atoms with E-state index in [4.69, 9.17) is 5.10 Å². The topological polar surface area (TPSA) is 77.0 Å². The quantitative estimate of drug-likeness (QED) is 0.776. The lowest BCUT2D eigenvalue weighted by atomic mass is 9.83. The van der Waals surface area contributed by atoms with Crippen LogP contribution in [0.25, 0.3) is 6.08 Å². The summed E-state index contributed by atoms with van der Waals surface area (Å²) in [5.41, 5.74) is 6.19. The molecule has 166 valence electrons. The lowest BCUT2D eigenvalue weighted by Crippen LogP contribution is -2.41. The van der Waals surface area contributed by atoms with E-state index in [1.54, 1.807) is 0 Å². The molecule has 1 saturated heterocycles. The van der Waals surface area contributed by atoms with Crippen LogP contribution in [0.2, 0.25) is 0 Å². The zero-order valence-electron chi connectivity index (χ0n) is 18.9. The Labute approximate surface area is 188 Å². The molecular weight excluding hydrogens is 402 g/mol. The molecule has 2 aliphatic rings. The molecule has 0 saturated carbocycles. The van der Waals surface area contributed by atoms with E-state index in [9.17, 15) is 9.59 Å². The van der Waals surface area contributed by atoms with Crippen LogP contribution in [-0.2, 0) is 9.59 Å². The summed E-state index contributed by atoms with van der Waals surface area (Å²) in [5, 5.41) is 12.6. The number of benzene rings is 2. The molecular formula is C25H29N5O2. The number of fused-ring (bicyclic) bond motifs is 1. The average Bonchev–Trinajstić information content (AvgIpc) is 3.05. The summed E-state index contributed by atoms with van der Waals surface area (Å²) in [6.07, 6.45) is 2.19. The standard InChI is InChI=1S/C25H29N5O2/c1-16(31)26-21-9-5-18(6-10-21)13-20-14-29(3)15-23-24(20)28-30(4)25(23)19-7-11-22(12-8-19)27-17(2)32/h5-13,23,25H,14-15H2,1-4H3,(H,26,31)(H,27,32)/b20-13+. The highest BCUT2D eigenvalue weighted by molar-refractivity contribution is 6.07. The fraction of sp³-hybridized carbons (Fsp3) is 0.320. The van der Waals surface area contributed by atoms with E-state index in [0.717, 1.165) is 35.7 Å². The van der Waals surface area contributed by atoms with E-state index in [-0.39, 0.29) is 23.8 Å². The predicted octanol–water partition coefficient (Wildman–Crippen LogP) is 3.59. The van der Waals surface area contributed by atoms with Crippen molar-refractivity contribution in [3.63, 3.8) is 0 Å². The van der Waals surface area contributed by atoms with Crippen LogP contribution in [0.3, 0.4) is 0 Å². The van der Waals surface area contributed by atoms with Gasteiger partial charge in [0.25, 0.3) is 0 Å². The molecule has 2 atom stereocenters. The van der Waals surface area contributed by atoms with Crippen molar-refractivity contribution in [2.24, 2.45) is 11.0 Å². The van der Waals surface area contributed by atoms with Gasteiger partial charge in [-0.3, -0.25) is 14.6 Å². The smallest absolute Gasteiger partial charge is 0.221 e. The molecule has 2 heterocycles. The van der Waals surface area contributed by atoms with Crippen LogP contribution in [0.15, 0.2) is 59.2 Å². The van der Waals surface area contributed by atoms with E-state index in [2.05, 4.69) is 45.8 Å². The molecule has 4 rings (SSSR count). The SMILES string of the molecule is CC(=O)Nc1ccc(/C=C2\CN(C)CC3C2=NN(C)C3c2ccc(NC(C)=O)cc2)cc1. The first-order chi connectivity index (χ1) is 15.3. The molecule has 0 aromatic heterocycles. The fourth-order valence-corrected chi connectivity index (χ4v) is 4.58. The molecule has 2 amide bonds. The number of carbonyl (C=O) groups is 2. The average molecular weight is 432 g/mol. The number of anilines is 2. The Balaban J connectivity index is 1.58. The normalized spacial score (nSPS) is 21.8. The van der Waals surface area contributed by atoms with Crippen molar-refractivity contribution in [1.82, 2.24) is 9.91 Å². The number of likely N-dealkylation sites (tertiary alicyclic amines) is 1. The molecule has 2 aromatic rings. The van der Waals surface area contributed by atoms with Crippen LogP contribution in [0, 0.1) is 5.92 Å². The van der Waals surface area contributed by atoms with Gasteiger partial charge in [0.1, 0.15) is 0 Å². The van der Waals surface area contributed by atoms with E-state index < -0.39 is 0 Å². The van der Waals surface area contributed by atoms with Crippen LogP contribution >= 0.6 is 0 Å². The largest absolute Gasteiger partial charge is 0.326 e. The summed E-state index contributed by atoms with van der Waals surface area (Å²) in [7, 11) is 4.16. The minimum Gasteiger partial charge on any atom is -0.326 e. The van der Waals surface area contributed by atoms with Crippen molar-refractivity contribution in [3.8, 4) is 0 Å². The fourth-order valence-electron chi connectivity index (χ4n) is 4.58. The van der Waals surface area contributed by atoms with Crippen LogP contribution in [0.4, 0.5) is 11.4 Å². The molecule has 7 nitrogen and oxygen atoms in total. The molecule has 7 heteroatoms. The van der Waals surface area contributed by atoms with Crippen LogP contribution in [-0.4, -0.2) is 54.6 Å². The number of carbonyl (C=O) groups excluding carboxylic acids is 2. The van der Waals surface area contributed by atoms with Crippen molar-refractivity contribution < 1.29 is 9.59 Å². The number of rotatable bonds is 4. The van der Waals surface area contributed by atoms with Crippen molar-refractivity contribution in [1.29, 1.82) is 0 Å². The number of hydrogen-bond acceptors (Lipinski definition) is 5. The summed E-state index contributed by atoms with van der Waals surface area (Å²) in [4.78, 5) is 24.9. The number of hydrogen-bond donors (Lipinski definition) is 2. The lowest BCUT2D eigenvalue weighted by molar-refractivity contribution is -0.115. The summed E-state index contributed by atoms with van der Waals surface area (Å²) >= 11 is 0. The lowest BCUT2D eigenvalue weighted by Gasteiger charge is -2.34. The zero-order chi connectivity index (χ0) is 22.8. The number of nitrogens with zero attached hydrogens (tertiary/aromatic N) is 3. The number of nitrogens with one attached hydrogen (secondary N) is 2. The maximum Gasteiger partial charge on any atom is 0.221 e. The Morgan fingerprint density at radius 1 is 0.938 bits per heavy atom. The Morgan fingerprint density at radius 2 is 1.50 bits per heavy atom. The molecule has 32 heavy (non-hydrogen) atoms. The monoisotopic (exact) mass is 431 g/mol. The first kappa shape index (κ1) is 21.8. The van der Waals surface area contributed by atoms with Crippen LogP contribution < -0.4 is 10.6 Å². The summed E-state index contributed by atoms with van der Waals surface area (Å²) in [6.45, 7) is 4.79. The van der Waals surface area contributed by atoms with Crippen LogP contribution in [0.5, 0.6) is 0 Å². The molecule has 2 N–H and O–H groups in total. The molecule has 0 spiro atoms. The van der Waals surface area contributed by atoms with Crippen molar-refractivity contribution in [2.45, 2.75) is 19.9 Å². The number of piperidine rings is 1. The number of hydrazone groups is 1. The van der Waals surface area contributed by atoms with Crippen molar-refractivity contribution >= 4 is 35.0 Å². The van der Waals surface area contributed by atoms with Gasteiger partial charge in [0, 0.05) is 51.3 Å². The van der Waals surface area contributed by atoms with Crippen molar-refractivity contribution in [3.05, 3.63) is 65.2 Å². The highest BCUT2D eigenvalue weighted by Crippen LogP contribution is 2.40. The van der Waals surface area contributed by atoms with Gasteiger partial charge in [0.2, 0.25) is 11.8 Å². The van der Waals surface area contributed by atoms with E-state index in [0.29, 0.717) is 0 Å². The molecule has 1 fully saturated rings. The van der Waals surface area contributed by atoms with Gasteiger partial charge >= 0.3 is 0 Å². The first-order valence-electron chi connectivity index (χ1n) is 10.8. The van der Waals surface area contributed by atoms with Gasteiger partial charge in [-0.2, -0.15) is 5.10 Å². The predicted molar refractivity (Wildman–Crippen MR) is 128 cm³/mol. The maximum absolute atomic E-state index is 11.3. The minimum absolute atomic E-state index is 0.0739. The number of likely N-dealkylation sites (N-methyl/N-ethyl adjacent to an activating group) is 1. The van der Waals surface area contributed by atoms with Crippen molar-refractivity contribution in [2.75, 3.05) is 37.8 Å². The van der Waals surface area contributed by atoms with Gasteiger partial charge in [0.05, 0.1) is 11.8 Å². The van der Waals surface area contributed by atoms with Gasteiger partial charge < -0.3 is 15.5 Å². The molecule has 2 unspecified atom stereocenters. The third kappa shape index (κ3) is 4.73. The highest BCUT2D eigenvalue weighted by atomic mass is 16.2. The molecule has 0 radical (unpaired) electrons. The van der Waals surface area contributed by atoms with Gasteiger partial charge in [-0.05, 0) is 54.1 Å². The van der Waals surface area contributed by atoms with E-state index >= 15 is 0 Å². The molecule has 0 bridgehead atoms. The van der Waals surface area contributed by atoms with Gasteiger partial charge in [-0.25, -0.2) is 0 Å². The highest BCUT2D eigenvalue weighted by Gasteiger charge is 2.41. The Hall–Kier alpha value is -3.45. The zero-order valence-corrected chi connectivity index (χ0v) is 18.9. The Bertz CT molecular complexity index is 1070. The van der Waals surface area contributed by atoms with Gasteiger partial charge in [-0.1, -0.05) is 24.3 Å². The van der Waals surface area contributed by atoms with E-state index in [1.165, 1.54) is 25.0 Å². The number of amides is 2. The second-order valence-corrected chi connectivity index (χ2v) is 8.58. The summed E-state index contributed by atoms with van der Waals surface area (Å²) < 4.78 is 0. The third-order valence-corrected chi connectivity index (χ3v) is 5.82. The molecule has 2 aliphatic heterocycles. The molecule has 0 aliphatic carbocycles.